The summed E-state index contributed by atoms with van der Waals surface area (Å²) >= 11 is 5.84. The second-order valence-electron chi connectivity index (χ2n) is 8.43. The number of alkyl halides is 4. The number of fused-ring (bicyclic) bond motifs is 1. The van der Waals surface area contributed by atoms with Crippen LogP contribution in [0.4, 0.5) is 23.4 Å². The Morgan fingerprint density at radius 1 is 1.36 bits per heavy atom. The van der Waals surface area contributed by atoms with E-state index in [4.69, 9.17) is 36.7 Å². The van der Waals surface area contributed by atoms with E-state index in [1.807, 2.05) is 0 Å². The Bertz CT molecular complexity index is 1330. The van der Waals surface area contributed by atoms with Gasteiger partial charge in [-0.3, -0.25) is 9.36 Å². The van der Waals surface area contributed by atoms with Gasteiger partial charge in [0.25, 0.3) is 6.47 Å². The molecule has 0 amide bonds. The van der Waals surface area contributed by atoms with Gasteiger partial charge in [-0.15, -0.1) is 13.2 Å². The van der Waals surface area contributed by atoms with E-state index in [2.05, 4.69) is 19.7 Å². The van der Waals surface area contributed by atoms with Crippen LogP contribution in [0.1, 0.15) is 25.1 Å². The SMILES string of the molecule is CC(Cc1cccc(OC(F)(F)F)c1)(OCC1CC(F)C(n2cnc3c(N)nc(Cl)nc32)O1)C(=O)O.O=CO. The standard InChI is InChI=1S/C21H20ClF4N5O5.CH2O2/c1-20(18(32)33,7-10-3-2-4-11(5-10)36-21(24,25)26)34-8-12-6-13(23)17(35-12)31-9-28-14-15(27)29-19(22)30-16(14)31;2-1-3/h2-5,9,12-13,17H,6-8H2,1H3,(H,32,33)(H2,27,29,30);1H,(H,2,3). The van der Waals surface area contributed by atoms with Gasteiger partial charge < -0.3 is 30.2 Å². The third-order valence-corrected chi connectivity index (χ3v) is 5.71. The molecule has 0 spiro atoms. The number of hydrogen-bond acceptors (Lipinski definition) is 9. The van der Waals surface area contributed by atoms with Crippen molar-refractivity contribution in [2.24, 2.45) is 0 Å². The van der Waals surface area contributed by atoms with Gasteiger partial charge in [-0.2, -0.15) is 9.97 Å². The van der Waals surface area contributed by atoms with Crippen molar-refractivity contribution in [2.75, 3.05) is 12.3 Å². The van der Waals surface area contributed by atoms with Crippen molar-refractivity contribution in [3.8, 4) is 5.75 Å². The molecule has 0 saturated carbocycles. The topological polar surface area (TPSA) is 172 Å². The number of nitrogens with two attached hydrogens (primary N) is 1. The lowest BCUT2D eigenvalue weighted by atomic mass is 9.96. The average Bonchev–Trinajstić information content (AvgIpc) is 3.40. The van der Waals surface area contributed by atoms with Gasteiger partial charge >= 0.3 is 12.3 Å². The molecule has 1 aliphatic heterocycles. The zero-order valence-electron chi connectivity index (χ0n) is 20.0. The Balaban J connectivity index is 0.00000134. The number of aromatic nitrogens is 4. The van der Waals surface area contributed by atoms with Crippen LogP contribution in [0, 0.1) is 0 Å². The molecule has 4 unspecified atom stereocenters. The number of carboxylic acids is 1. The number of anilines is 1. The van der Waals surface area contributed by atoms with Crippen LogP contribution in [-0.2, 0) is 25.5 Å². The number of ether oxygens (including phenoxy) is 3. The van der Waals surface area contributed by atoms with Gasteiger partial charge in [0.05, 0.1) is 19.0 Å². The number of benzene rings is 1. The first-order valence-corrected chi connectivity index (χ1v) is 11.4. The summed E-state index contributed by atoms with van der Waals surface area (Å²) in [7, 11) is 0. The highest BCUT2D eigenvalue weighted by molar-refractivity contribution is 6.28. The minimum atomic E-state index is -4.89. The van der Waals surface area contributed by atoms with Crippen molar-refractivity contribution in [3.63, 3.8) is 0 Å². The molecule has 39 heavy (non-hydrogen) atoms. The molecule has 1 aliphatic rings. The third-order valence-electron chi connectivity index (χ3n) is 5.54. The predicted octanol–water partition coefficient (Wildman–Crippen LogP) is 3.39. The van der Waals surface area contributed by atoms with Crippen molar-refractivity contribution in [1.29, 1.82) is 0 Å². The number of aliphatic carboxylic acids is 1. The van der Waals surface area contributed by atoms with E-state index in [1.165, 1.54) is 30.0 Å². The van der Waals surface area contributed by atoms with E-state index in [-0.39, 0.29) is 53.7 Å². The highest BCUT2D eigenvalue weighted by Crippen LogP contribution is 2.35. The molecule has 12 nitrogen and oxygen atoms in total. The molecule has 1 fully saturated rings. The monoisotopic (exact) mass is 579 g/mol. The maximum Gasteiger partial charge on any atom is 0.573 e. The van der Waals surface area contributed by atoms with Crippen LogP contribution in [-0.4, -0.2) is 73.0 Å². The second-order valence-corrected chi connectivity index (χ2v) is 8.76. The van der Waals surface area contributed by atoms with Crippen molar-refractivity contribution < 1.29 is 51.6 Å². The quantitative estimate of drug-likeness (QED) is 0.203. The largest absolute Gasteiger partial charge is 0.573 e. The number of nitrogens with zero attached hydrogens (tertiary/aromatic N) is 4. The van der Waals surface area contributed by atoms with E-state index in [0.29, 0.717) is 0 Å². The summed E-state index contributed by atoms with van der Waals surface area (Å²) in [6.07, 6.45) is -7.52. The van der Waals surface area contributed by atoms with E-state index < -0.39 is 42.2 Å². The summed E-state index contributed by atoms with van der Waals surface area (Å²) in [6.45, 7) is 0.708. The summed E-state index contributed by atoms with van der Waals surface area (Å²) in [4.78, 5) is 32.2. The molecule has 212 valence electrons. The number of carboxylic acid groups (broad SMARTS) is 2. The number of nitrogen functional groups attached to an aromatic ring is 1. The molecule has 4 atom stereocenters. The molecule has 0 radical (unpaired) electrons. The number of carbonyl (C=O) groups is 2. The maximum atomic E-state index is 14.9. The zero-order valence-corrected chi connectivity index (χ0v) is 20.8. The molecule has 4 rings (SSSR count). The summed E-state index contributed by atoms with van der Waals surface area (Å²) in [5.74, 6) is -1.84. The summed E-state index contributed by atoms with van der Waals surface area (Å²) in [5, 5.41) is 16.5. The first-order valence-electron chi connectivity index (χ1n) is 11.0. The van der Waals surface area contributed by atoms with E-state index in [9.17, 15) is 27.5 Å². The Labute approximate surface area is 222 Å². The van der Waals surface area contributed by atoms with Crippen LogP contribution >= 0.6 is 11.6 Å². The van der Waals surface area contributed by atoms with Crippen LogP contribution in [0.25, 0.3) is 11.2 Å². The molecule has 3 aromatic rings. The van der Waals surface area contributed by atoms with Gasteiger partial charge in [0.15, 0.2) is 23.3 Å². The molecule has 1 aromatic carbocycles. The lowest BCUT2D eigenvalue weighted by Gasteiger charge is -2.27. The maximum absolute atomic E-state index is 14.9. The lowest BCUT2D eigenvalue weighted by Crippen LogP contribution is -2.42. The average molecular weight is 580 g/mol. The smallest absolute Gasteiger partial charge is 0.483 e. The van der Waals surface area contributed by atoms with Crippen molar-refractivity contribution in [3.05, 3.63) is 41.4 Å². The molecule has 1 saturated heterocycles. The highest BCUT2D eigenvalue weighted by Gasteiger charge is 2.41. The fraction of sp³-hybridized carbons (Fsp3) is 0.409. The molecule has 4 N–H and O–H groups in total. The van der Waals surface area contributed by atoms with Gasteiger partial charge in [-0.05, 0) is 36.2 Å². The van der Waals surface area contributed by atoms with Crippen molar-refractivity contribution in [2.45, 2.75) is 50.2 Å². The molecule has 0 bridgehead atoms. The Kier molecular flexibility index (Phi) is 9.14. The number of halogens is 5. The number of hydrogen-bond donors (Lipinski definition) is 3. The number of rotatable bonds is 8. The molecule has 0 aliphatic carbocycles. The highest BCUT2D eigenvalue weighted by atomic mass is 35.5. The van der Waals surface area contributed by atoms with Gasteiger partial charge in [0, 0.05) is 12.8 Å². The molecule has 17 heteroatoms. The van der Waals surface area contributed by atoms with Crippen LogP contribution in [0.15, 0.2) is 30.6 Å². The minimum Gasteiger partial charge on any atom is -0.483 e. The van der Waals surface area contributed by atoms with Crippen LogP contribution in [0.5, 0.6) is 5.75 Å². The Morgan fingerprint density at radius 2 is 2.05 bits per heavy atom. The number of imidazole rings is 1. The van der Waals surface area contributed by atoms with Crippen LogP contribution in [0.3, 0.4) is 0 Å². The zero-order chi connectivity index (χ0) is 29.0. The van der Waals surface area contributed by atoms with Crippen LogP contribution in [0.2, 0.25) is 5.28 Å². The second kappa shape index (κ2) is 12.0. The summed E-state index contributed by atoms with van der Waals surface area (Å²) in [5.41, 5.74) is 4.54. The minimum absolute atomic E-state index is 0.0129. The molecular weight excluding hydrogens is 558 g/mol. The fourth-order valence-electron chi connectivity index (χ4n) is 3.86. The Morgan fingerprint density at radius 3 is 2.69 bits per heavy atom. The van der Waals surface area contributed by atoms with Gasteiger partial charge in [0.2, 0.25) is 5.28 Å². The van der Waals surface area contributed by atoms with Gasteiger partial charge in [-0.1, -0.05) is 12.1 Å². The molecular formula is C22H22ClF4N5O7. The van der Waals surface area contributed by atoms with E-state index in [1.54, 1.807) is 0 Å². The van der Waals surface area contributed by atoms with E-state index >= 15 is 0 Å². The van der Waals surface area contributed by atoms with Crippen molar-refractivity contribution in [1.82, 2.24) is 19.5 Å². The fourth-order valence-corrected chi connectivity index (χ4v) is 4.03. The van der Waals surface area contributed by atoms with Crippen molar-refractivity contribution >= 4 is 41.0 Å². The first kappa shape index (κ1) is 29.8. The normalized spacial score (nSPS) is 20.6. The predicted molar refractivity (Wildman–Crippen MR) is 126 cm³/mol. The summed E-state index contributed by atoms with van der Waals surface area (Å²) < 4.78 is 69.0. The van der Waals surface area contributed by atoms with Crippen LogP contribution < -0.4 is 10.5 Å². The molecule has 3 heterocycles. The van der Waals surface area contributed by atoms with E-state index in [0.717, 1.165) is 12.1 Å². The summed E-state index contributed by atoms with van der Waals surface area (Å²) in [6, 6.07) is 4.90. The third kappa shape index (κ3) is 7.42. The van der Waals surface area contributed by atoms with Gasteiger partial charge in [0.1, 0.15) is 17.4 Å². The molecule has 2 aromatic heterocycles. The first-order chi connectivity index (χ1) is 18.3. The lowest BCUT2D eigenvalue weighted by molar-refractivity contribution is -0.274. The van der Waals surface area contributed by atoms with Gasteiger partial charge in [-0.25, -0.2) is 14.2 Å². The Hall–Kier alpha value is -3.76.